The monoisotopic (exact) mass is 417 g/mol. The highest BCUT2D eigenvalue weighted by molar-refractivity contribution is 5.85. The molecule has 0 bridgehead atoms. The van der Waals surface area contributed by atoms with Crippen molar-refractivity contribution in [2.45, 2.75) is 70.9 Å². The summed E-state index contributed by atoms with van der Waals surface area (Å²) in [5.41, 5.74) is 8.10. The number of benzene rings is 1. The number of carbonyl (C=O) groups is 1. The van der Waals surface area contributed by atoms with Crippen LogP contribution in [0.5, 0.6) is 0 Å². The second-order valence-electron chi connectivity index (χ2n) is 7.19. The summed E-state index contributed by atoms with van der Waals surface area (Å²) in [6.45, 7) is 4.80. The fourth-order valence-corrected chi connectivity index (χ4v) is 3.49. The Bertz CT molecular complexity index is 506. The van der Waals surface area contributed by atoms with E-state index >= 15 is 0 Å². The van der Waals surface area contributed by atoms with E-state index in [0.29, 0.717) is 13.0 Å². The molecule has 156 valence electrons. The van der Waals surface area contributed by atoms with Crippen LogP contribution in [-0.4, -0.2) is 30.4 Å². The molecule has 0 aliphatic carbocycles. The second kappa shape index (κ2) is 16.2. The number of nitrogens with two attached hydrogens (primary N) is 1. The third-order valence-electron chi connectivity index (χ3n) is 5.04. The minimum Gasteiger partial charge on any atom is -0.352 e. The lowest BCUT2D eigenvalue weighted by atomic mass is 10.1. The molecule has 1 amide bonds. The molecule has 0 saturated carbocycles. The second-order valence-corrected chi connectivity index (χ2v) is 7.19. The standard InChI is InChI=1S/C21H35N3O.2ClH/c22-14-8-2-1-5-13-21(25)23-17-19-11-6-7-12-20(19)18-24-15-9-3-4-10-16-24;;/h6-7,11-12H,1-5,8-10,13-18,22H2,(H,23,25);2*1H. The Hall–Kier alpha value is -0.810. The van der Waals surface area contributed by atoms with Gasteiger partial charge in [0.15, 0.2) is 0 Å². The molecule has 0 atom stereocenters. The van der Waals surface area contributed by atoms with Crippen LogP contribution in [0.1, 0.15) is 68.9 Å². The molecule has 27 heavy (non-hydrogen) atoms. The van der Waals surface area contributed by atoms with Crippen molar-refractivity contribution in [1.29, 1.82) is 0 Å². The fraction of sp³-hybridized carbons (Fsp3) is 0.667. The van der Waals surface area contributed by atoms with Gasteiger partial charge in [-0.1, -0.05) is 49.9 Å². The number of unbranched alkanes of at least 4 members (excludes halogenated alkanes) is 3. The maximum atomic E-state index is 12.0. The number of hydrogen-bond donors (Lipinski definition) is 2. The molecular formula is C21H37Cl2N3O. The number of halogens is 2. The van der Waals surface area contributed by atoms with Crippen LogP contribution in [0.3, 0.4) is 0 Å². The van der Waals surface area contributed by atoms with Crippen molar-refractivity contribution < 1.29 is 4.79 Å². The lowest BCUT2D eigenvalue weighted by Crippen LogP contribution is -2.26. The van der Waals surface area contributed by atoms with E-state index < -0.39 is 0 Å². The Morgan fingerprint density at radius 2 is 1.56 bits per heavy atom. The van der Waals surface area contributed by atoms with Gasteiger partial charge in [-0.15, -0.1) is 24.8 Å². The number of carbonyl (C=O) groups excluding carboxylic acids is 1. The predicted octanol–water partition coefficient (Wildman–Crippen LogP) is 4.43. The summed E-state index contributed by atoms with van der Waals surface area (Å²) in [5, 5.41) is 3.10. The molecule has 1 aromatic rings. The van der Waals surface area contributed by atoms with E-state index in [1.807, 2.05) is 0 Å². The first-order valence-corrected chi connectivity index (χ1v) is 10.1. The minimum absolute atomic E-state index is 0. The molecule has 1 aliphatic heterocycles. The van der Waals surface area contributed by atoms with Crippen LogP contribution in [-0.2, 0) is 17.9 Å². The number of likely N-dealkylation sites (tertiary alicyclic amines) is 1. The van der Waals surface area contributed by atoms with E-state index in [9.17, 15) is 4.79 Å². The summed E-state index contributed by atoms with van der Waals surface area (Å²) in [5.74, 6) is 0.164. The molecule has 0 unspecified atom stereocenters. The van der Waals surface area contributed by atoms with Gasteiger partial charge in [-0.25, -0.2) is 0 Å². The van der Waals surface area contributed by atoms with E-state index in [1.54, 1.807) is 0 Å². The lowest BCUT2D eigenvalue weighted by Gasteiger charge is -2.21. The van der Waals surface area contributed by atoms with Crippen LogP contribution in [0.25, 0.3) is 0 Å². The van der Waals surface area contributed by atoms with Crippen LogP contribution in [0.2, 0.25) is 0 Å². The van der Waals surface area contributed by atoms with Crippen molar-refractivity contribution >= 4 is 30.7 Å². The first-order valence-electron chi connectivity index (χ1n) is 10.1. The number of nitrogens with zero attached hydrogens (tertiary/aromatic N) is 1. The van der Waals surface area contributed by atoms with E-state index in [2.05, 4.69) is 34.5 Å². The number of hydrogen-bond acceptors (Lipinski definition) is 3. The summed E-state index contributed by atoms with van der Waals surface area (Å²) in [7, 11) is 0. The van der Waals surface area contributed by atoms with Crippen molar-refractivity contribution in [1.82, 2.24) is 10.2 Å². The molecule has 1 aromatic carbocycles. The highest BCUT2D eigenvalue weighted by Gasteiger charge is 2.12. The van der Waals surface area contributed by atoms with Crippen molar-refractivity contribution in [2.24, 2.45) is 5.73 Å². The maximum Gasteiger partial charge on any atom is 0.220 e. The van der Waals surface area contributed by atoms with Gasteiger partial charge in [0.1, 0.15) is 0 Å². The maximum absolute atomic E-state index is 12.0. The highest BCUT2D eigenvalue weighted by atomic mass is 35.5. The molecule has 1 saturated heterocycles. The third-order valence-corrected chi connectivity index (χ3v) is 5.04. The minimum atomic E-state index is 0. The fourth-order valence-electron chi connectivity index (χ4n) is 3.49. The Morgan fingerprint density at radius 3 is 2.22 bits per heavy atom. The summed E-state index contributed by atoms with van der Waals surface area (Å²) < 4.78 is 0. The SMILES string of the molecule is Cl.Cl.NCCCCCCC(=O)NCc1ccccc1CN1CCCCCC1. The summed E-state index contributed by atoms with van der Waals surface area (Å²) in [6, 6.07) is 8.53. The molecular weight excluding hydrogens is 381 g/mol. The molecule has 1 aliphatic rings. The average molecular weight is 418 g/mol. The van der Waals surface area contributed by atoms with Crippen molar-refractivity contribution in [2.75, 3.05) is 19.6 Å². The van der Waals surface area contributed by atoms with E-state index in [4.69, 9.17) is 5.73 Å². The molecule has 0 spiro atoms. The lowest BCUT2D eigenvalue weighted by molar-refractivity contribution is -0.121. The average Bonchev–Trinajstić information content (AvgIpc) is 2.89. The van der Waals surface area contributed by atoms with Crippen molar-refractivity contribution in [3.05, 3.63) is 35.4 Å². The molecule has 3 N–H and O–H groups in total. The molecule has 1 heterocycles. The zero-order chi connectivity index (χ0) is 17.7. The zero-order valence-electron chi connectivity index (χ0n) is 16.5. The molecule has 0 radical (unpaired) electrons. The van der Waals surface area contributed by atoms with Gasteiger partial charge in [0.2, 0.25) is 5.91 Å². The number of nitrogens with one attached hydrogen (secondary N) is 1. The van der Waals surface area contributed by atoms with Crippen LogP contribution in [0.15, 0.2) is 24.3 Å². The zero-order valence-corrected chi connectivity index (χ0v) is 18.1. The largest absolute Gasteiger partial charge is 0.352 e. The van der Waals surface area contributed by atoms with Gasteiger partial charge < -0.3 is 11.1 Å². The number of rotatable bonds is 10. The van der Waals surface area contributed by atoms with Crippen molar-refractivity contribution in [3.8, 4) is 0 Å². The summed E-state index contributed by atoms with van der Waals surface area (Å²) in [6.07, 6.45) is 10.2. The van der Waals surface area contributed by atoms with E-state index in [-0.39, 0.29) is 30.7 Å². The van der Waals surface area contributed by atoms with Gasteiger partial charge in [-0.05, 0) is 56.4 Å². The van der Waals surface area contributed by atoms with Gasteiger partial charge in [-0.3, -0.25) is 9.69 Å². The summed E-state index contributed by atoms with van der Waals surface area (Å²) >= 11 is 0. The molecule has 2 rings (SSSR count). The molecule has 4 nitrogen and oxygen atoms in total. The van der Waals surface area contributed by atoms with Crippen LogP contribution in [0.4, 0.5) is 0 Å². The smallest absolute Gasteiger partial charge is 0.220 e. The Labute approximate surface area is 177 Å². The molecule has 6 heteroatoms. The van der Waals surface area contributed by atoms with Gasteiger partial charge in [0.05, 0.1) is 0 Å². The Morgan fingerprint density at radius 1 is 0.926 bits per heavy atom. The first-order chi connectivity index (χ1) is 12.3. The van der Waals surface area contributed by atoms with Crippen LogP contribution in [0, 0.1) is 0 Å². The van der Waals surface area contributed by atoms with Crippen LogP contribution >= 0.6 is 24.8 Å². The molecule has 1 fully saturated rings. The van der Waals surface area contributed by atoms with Crippen molar-refractivity contribution in [3.63, 3.8) is 0 Å². The Balaban J connectivity index is 0.00000338. The Kier molecular flexibility index (Phi) is 15.7. The van der Waals surface area contributed by atoms with Crippen LogP contribution < -0.4 is 11.1 Å². The quantitative estimate of drug-likeness (QED) is 0.553. The van der Waals surface area contributed by atoms with Gasteiger partial charge in [0, 0.05) is 19.5 Å². The van der Waals surface area contributed by atoms with E-state index in [0.717, 1.165) is 38.8 Å². The third kappa shape index (κ3) is 10.9. The van der Waals surface area contributed by atoms with Gasteiger partial charge in [-0.2, -0.15) is 0 Å². The van der Waals surface area contributed by atoms with Gasteiger partial charge >= 0.3 is 0 Å². The van der Waals surface area contributed by atoms with Gasteiger partial charge in [0.25, 0.3) is 0 Å². The highest BCUT2D eigenvalue weighted by Crippen LogP contribution is 2.16. The topological polar surface area (TPSA) is 58.4 Å². The van der Waals surface area contributed by atoms with E-state index in [1.165, 1.54) is 49.9 Å². The summed E-state index contributed by atoms with van der Waals surface area (Å²) in [4.78, 5) is 14.6. The first kappa shape index (κ1) is 26.2. The molecule has 0 aromatic heterocycles. The normalized spacial score (nSPS) is 14.6. The number of amides is 1. The predicted molar refractivity (Wildman–Crippen MR) is 119 cm³/mol.